The largest absolute Gasteiger partial charge is 0.324 e. The van der Waals surface area contributed by atoms with Crippen molar-refractivity contribution in [1.82, 2.24) is 10.4 Å². The minimum atomic E-state index is 0.462. The highest BCUT2D eigenvalue weighted by Crippen LogP contribution is 2.32. The zero-order valence-corrected chi connectivity index (χ0v) is 19.0. The Morgan fingerprint density at radius 3 is 2.46 bits per heavy atom. The zero-order valence-electron chi connectivity index (χ0n) is 17.3. The van der Waals surface area contributed by atoms with Crippen LogP contribution in [0.5, 0.6) is 0 Å². The molecule has 0 amide bonds. The average Bonchev–Trinajstić information content (AvgIpc) is 3.17. The highest BCUT2D eigenvalue weighted by atomic mass is 32.2. The third-order valence-electron chi connectivity index (χ3n) is 4.19. The molecule has 150 valence electrons. The molecule has 0 unspecified atom stereocenters. The molecule has 4 nitrogen and oxygen atoms in total. The number of nitrogens with two attached hydrogens (primary N) is 1. The quantitative estimate of drug-likeness (QED) is 0.275. The number of hydrogen-bond donors (Lipinski definition) is 2. The lowest BCUT2D eigenvalue weighted by molar-refractivity contribution is 0.857. The van der Waals surface area contributed by atoms with Crippen molar-refractivity contribution in [3.63, 3.8) is 0 Å². The van der Waals surface area contributed by atoms with Gasteiger partial charge in [-0.1, -0.05) is 70.5 Å². The van der Waals surface area contributed by atoms with Crippen LogP contribution in [0.2, 0.25) is 0 Å². The van der Waals surface area contributed by atoms with Crippen molar-refractivity contribution in [1.29, 1.82) is 0 Å². The molecule has 0 saturated heterocycles. The maximum absolute atomic E-state index is 5.42. The van der Waals surface area contributed by atoms with Gasteiger partial charge in [-0.3, -0.25) is 5.84 Å². The first-order valence-corrected chi connectivity index (χ1v) is 11.5. The minimum Gasteiger partial charge on any atom is -0.324 e. The van der Waals surface area contributed by atoms with E-state index in [0.717, 1.165) is 23.3 Å². The molecule has 6 heteroatoms. The van der Waals surface area contributed by atoms with Crippen molar-refractivity contribution < 1.29 is 0 Å². The van der Waals surface area contributed by atoms with Crippen molar-refractivity contribution in [3.05, 3.63) is 65.2 Å². The molecule has 1 heterocycles. The average molecular weight is 415 g/mol. The van der Waals surface area contributed by atoms with Gasteiger partial charge in [-0.25, -0.2) is 4.98 Å². The van der Waals surface area contributed by atoms with Gasteiger partial charge in [0.2, 0.25) is 0 Å². The number of thiazole rings is 1. The summed E-state index contributed by atoms with van der Waals surface area (Å²) in [6, 6.07) is 14.8. The predicted octanol–water partition coefficient (Wildman–Crippen LogP) is 6.16. The molecule has 3 rings (SSSR count). The van der Waals surface area contributed by atoms with Gasteiger partial charge in [0.1, 0.15) is 0 Å². The smallest absolute Gasteiger partial charge is 0.0963 e. The fraction of sp³-hybridized carbons (Fsp3) is 0.318. The Morgan fingerprint density at radius 2 is 1.89 bits per heavy atom. The first-order valence-electron chi connectivity index (χ1n) is 9.48. The van der Waals surface area contributed by atoms with Crippen molar-refractivity contribution in [2.24, 2.45) is 5.84 Å². The number of nitrogens with zero attached hydrogens (tertiary/aromatic N) is 2. The number of hydrazine groups is 1. The molecular formula is C22H30N4S2. The standard InChI is InChI=1S/C20H24N4S2.C2H6/c1-13(2)20-22-18-10-9-17(11-19(18)26-20)24(25-4)12-15-5-7-16(8-6-15)14(3)23-21;1-2/h5-11,13,23H,3,12,21H2,1-2,4H3;1-2H3. The molecule has 2 aromatic carbocycles. The lowest BCUT2D eigenvalue weighted by atomic mass is 10.1. The summed E-state index contributed by atoms with van der Waals surface area (Å²) in [7, 11) is 0. The Morgan fingerprint density at radius 1 is 1.21 bits per heavy atom. The summed E-state index contributed by atoms with van der Waals surface area (Å²) in [5, 5.41) is 1.19. The van der Waals surface area contributed by atoms with Crippen LogP contribution in [0.25, 0.3) is 15.9 Å². The molecule has 0 bridgehead atoms. The summed E-state index contributed by atoms with van der Waals surface area (Å²) < 4.78 is 3.53. The molecular weight excluding hydrogens is 384 g/mol. The number of hydrogen-bond acceptors (Lipinski definition) is 6. The Kier molecular flexibility index (Phi) is 8.35. The Hall–Kier alpha value is -2.02. The van der Waals surface area contributed by atoms with Gasteiger partial charge in [-0.2, -0.15) is 0 Å². The van der Waals surface area contributed by atoms with Crippen LogP contribution in [0, 0.1) is 0 Å². The third-order valence-corrected chi connectivity index (χ3v) is 6.29. The van der Waals surface area contributed by atoms with Gasteiger partial charge in [0.15, 0.2) is 0 Å². The molecule has 3 aromatic rings. The van der Waals surface area contributed by atoms with Gasteiger partial charge < -0.3 is 9.73 Å². The second-order valence-electron chi connectivity index (χ2n) is 6.40. The zero-order chi connectivity index (χ0) is 20.7. The van der Waals surface area contributed by atoms with Crippen LogP contribution in [0.4, 0.5) is 5.69 Å². The molecule has 28 heavy (non-hydrogen) atoms. The topological polar surface area (TPSA) is 54.2 Å². The second kappa shape index (κ2) is 10.5. The summed E-state index contributed by atoms with van der Waals surface area (Å²) in [6.07, 6.45) is 2.10. The maximum Gasteiger partial charge on any atom is 0.0963 e. The van der Waals surface area contributed by atoms with E-state index in [-0.39, 0.29) is 0 Å². The monoisotopic (exact) mass is 414 g/mol. The molecule has 0 saturated carbocycles. The van der Waals surface area contributed by atoms with Gasteiger partial charge >= 0.3 is 0 Å². The number of aromatic nitrogens is 1. The Balaban J connectivity index is 0.00000136. The van der Waals surface area contributed by atoms with Gasteiger partial charge in [0.25, 0.3) is 0 Å². The highest BCUT2D eigenvalue weighted by molar-refractivity contribution is 7.99. The summed E-state index contributed by atoms with van der Waals surface area (Å²) in [6.45, 7) is 13.1. The van der Waals surface area contributed by atoms with Gasteiger partial charge in [-0.15, -0.1) is 11.3 Å². The van der Waals surface area contributed by atoms with Crippen LogP contribution in [0.1, 0.15) is 49.7 Å². The number of fused-ring (bicyclic) bond motifs is 1. The van der Waals surface area contributed by atoms with Crippen LogP contribution in [0.15, 0.2) is 49.0 Å². The van der Waals surface area contributed by atoms with Crippen molar-refractivity contribution in [2.45, 2.75) is 40.2 Å². The predicted molar refractivity (Wildman–Crippen MR) is 128 cm³/mol. The molecule has 0 aliphatic heterocycles. The first kappa shape index (κ1) is 22.3. The van der Waals surface area contributed by atoms with Crippen LogP contribution in [-0.2, 0) is 6.54 Å². The van der Waals surface area contributed by atoms with Crippen LogP contribution >= 0.6 is 23.3 Å². The molecule has 0 aliphatic rings. The summed E-state index contributed by atoms with van der Waals surface area (Å²) >= 11 is 3.51. The minimum absolute atomic E-state index is 0.462. The fourth-order valence-electron chi connectivity index (χ4n) is 2.65. The van der Waals surface area contributed by atoms with Gasteiger partial charge in [0, 0.05) is 23.6 Å². The summed E-state index contributed by atoms with van der Waals surface area (Å²) in [5.41, 5.74) is 7.82. The molecule has 0 aliphatic carbocycles. The molecule has 0 atom stereocenters. The van der Waals surface area contributed by atoms with E-state index in [9.17, 15) is 0 Å². The SMILES string of the molecule is C=C(NN)c1ccc(CN(SC)c2ccc3nc(C(C)C)sc3c2)cc1.CC. The molecule has 1 aromatic heterocycles. The van der Waals surface area contributed by atoms with Crippen LogP contribution < -0.4 is 15.6 Å². The number of rotatable bonds is 7. The van der Waals surface area contributed by atoms with E-state index < -0.39 is 0 Å². The van der Waals surface area contributed by atoms with Crippen LogP contribution in [-0.4, -0.2) is 11.2 Å². The fourth-order valence-corrected chi connectivity index (χ4v) is 4.26. The number of benzene rings is 2. The second-order valence-corrected chi connectivity index (χ2v) is 8.27. The normalized spacial score (nSPS) is 10.5. The summed E-state index contributed by atoms with van der Waals surface area (Å²) in [4.78, 5) is 4.73. The van der Waals surface area contributed by atoms with Crippen molar-refractivity contribution in [3.8, 4) is 0 Å². The van der Waals surface area contributed by atoms with E-state index in [1.807, 2.05) is 26.0 Å². The van der Waals surface area contributed by atoms with E-state index in [0.29, 0.717) is 5.92 Å². The molecule has 0 fully saturated rings. The molecule has 0 spiro atoms. The highest BCUT2D eigenvalue weighted by Gasteiger charge is 2.11. The van der Waals surface area contributed by atoms with Gasteiger partial charge in [0.05, 0.1) is 21.8 Å². The molecule has 3 N–H and O–H groups in total. The maximum atomic E-state index is 5.42. The van der Waals surface area contributed by atoms with Crippen LogP contribution in [0.3, 0.4) is 0 Å². The van der Waals surface area contributed by atoms with E-state index in [2.05, 4.69) is 66.7 Å². The lowest BCUT2D eigenvalue weighted by Gasteiger charge is -2.22. The number of anilines is 1. The third kappa shape index (κ3) is 5.28. The molecule has 0 radical (unpaired) electrons. The number of nitrogens with one attached hydrogen (secondary N) is 1. The Bertz CT molecular complexity index is 901. The van der Waals surface area contributed by atoms with Crippen molar-refractivity contribution in [2.75, 3.05) is 10.6 Å². The van der Waals surface area contributed by atoms with E-state index >= 15 is 0 Å². The van der Waals surface area contributed by atoms with E-state index in [4.69, 9.17) is 10.8 Å². The lowest BCUT2D eigenvalue weighted by Crippen LogP contribution is -2.19. The Labute approximate surface area is 177 Å². The van der Waals surface area contributed by atoms with E-state index in [1.165, 1.54) is 21.0 Å². The first-order chi connectivity index (χ1) is 13.5. The van der Waals surface area contributed by atoms with E-state index in [1.54, 1.807) is 23.3 Å². The van der Waals surface area contributed by atoms with Gasteiger partial charge in [-0.05, 0) is 29.3 Å². The van der Waals surface area contributed by atoms with Crippen molar-refractivity contribution >= 4 is 44.9 Å². The summed E-state index contributed by atoms with van der Waals surface area (Å²) in [5.74, 6) is 5.88.